The van der Waals surface area contributed by atoms with Gasteiger partial charge in [0.1, 0.15) is 0 Å². The lowest BCUT2D eigenvalue weighted by Gasteiger charge is -2.37. The number of nitrogens with one attached hydrogen (secondary N) is 1. The number of benzene rings is 1. The molecule has 0 spiro atoms. The summed E-state index contributed by atoms with van der Waals surface area (Å²) in [6.07, 6.45) is 2.66. The van der Waals surface area contributed by atoms with E-state index >= 15 is 0 Å². The first-order valence-corrected chi connectivity index (χ1v) is 7.26. The van der Waals surface area contributed by atoms with E-state index in [1.165, 1.54) is 31.5 Å². The molecular weight excluding hydrogens is 220 g/mol. The predicted molar refractivity (Wildman–Crippen MR) is 75.8 cm³/mol. The van der Waals surface area contributed by atoms with Crippen molar-refractivity contribution in [3.05, 3.63) is 35.9 Å². The summed E-state index contributed by atoms with van der Waals surface area (Å²) in [5, 5.41) is 3.45. The van der Waals surface area contributed by atoms with E-state index in [0.29, 0.717) is 0 Å². The summed E-state index contributed by atoms with van der Waals surface area (Å²) in [5.41, 5.74) is 1.53. The number of hydrogen-bond acceptors (Lipinski definition) is 2. The van der Waals surface area contributed by atoms with Crippen LogP contribution in [0.5, 0.6) is 0 Å². The topological polar surface area (TPSA) is 15.3 Å². The van der Waals surface area contributed by atoms with E-state index in [9.17, 15) is 0 Å². The lowest BCUT2D eigenvalue weighted by Crippen LogP contribution is -2.48. The van der Waals surface area contributed by atoms with Crippen LogP contribution in [0.25, 0.3) is 0 Å². The van der Waals surface area contributed by atoms with E-state index in [2.05, 4.69) is 54.5 Å². The summed E-state index contributed by atoms with van der Waals surface area (Å²) >= 11 is 0. The molecule has 1 N–H and O–H groups in total. The van der Waals surface area contributed by atoms with Crippen LogP contribution in [0, 0.1) is 5.92 Å². The third-order valence-corrected chi connectivity index (χ3v) is 4.76. The molecule has 1 saturated heterocycles. The number of likely N-dealkylation sites (tertiary alicyclic amines) is 1. The summed E-state index contributed by atoms with van der Waals surface area (Å²) < 4.78 is 0. The highest BCUT2D eigenvalue weighted by molar-refractivity contribution is 5.28. The fraction of sp³-hybridized carbons (Fsp3) is 0.625. The van der Waals surface area contributed by atoms with E-state index in [-0.39, 0.29) is 0 Å². The van der Waals surface area contributed by atoms with Crippen LogP contribution in [-0.2, 0) is 0 Å². The van der Waals surface area contributed by atoms with Crippen LogP contribution in [0.2, 0.25) is 0 Å². The van der Waals surface area contributed by atoms with Crippen molar-refractivity contribution in [1.82, 2.24) is 10.2 Å². The Labute approximate surface area is 110 Å². The molecule has 1 aliphatic carbocycles. The van der Waals surface area contributed by atoms with Crippen LogP contribution in [0.15, 0.2) is 30.3 Å². The maximum atomic E-state index is 3.45. The highest BCUT2D eigenvalue weighted by atomic mass is 15.2. The molecule has 0 radical (unpaired) electrons. The lowest BCUT2D eigenvalue weighted by molar-refractivity contribution is 0.142. The Hall–Kier alpha value is -0.860. The average molecular weight is 244 g/mol. The highest BCUT2D eigenvalue weighted by Crippen LogP contribution is 2.45. The molecule has 3 rings (SSSR count). The standard InChI is InChI=1S/C16H24N2/c1-12-11-18(9-8-15(12)17-2)16-10-14(16)13-6-4-3-5-7-13/h3-7,12,14-17H,8-11H2,1-2H3. The molecule has 4 unspecified atom stereocenters. The second-order valence-electron chi connectivity index (χ2n) is 5.98. The van der Waals surface area contributed by atoms with E-state index < -0.39 is 0 Å². The summed E-state index contributed by atoms with van der Waals surface area (Å²) in [6.45, 7) is 4.91. The van der Waals surface area contributed by atoms with Crippen LogP contribution < -0.4 is 5.32 Å². The van der Waals surface area contributed by atoms with Gasteiger partial charge in [-0.1, -0.05) is 37.3 Å². The Morgan fingerprint density at radius 3 is 2.67 bits per heavy atom. The largest absolute Gasteiger partial charge is 0.317 e. The molecule has 4 atom stereocenters. The number of rotatable bonds is 3. The first kappa shape index (κ1) is 12.2. The summed E-state index contributed by atoms with van der Waals surface area (Å²) in [7, 11) is 2.10. The van der Waals surface area contributed by atoms with Gasteiger partial charge in [0.25, 0.3) is 0 Å². The summed E-state index contributed by atoms with van der Waals surface area (Å²) in [6, 6.07) is 12.5. The molecule has 0 aromatic heterocycles. The maximum absolute atomic E-state index is 3.45. The molecule has 2 nitrogen and oxygen atoms in total. The molecular formula is C16H24N2. The molecule has 1 aromatic rings. The molecule has 1 aromatic carbocycles. The molecule has 2 aliphatic rings. The Balaban J connectivity index is 1.59. The van der Waals surface area contributed by atoms with E-state index in [1.54, 1.807) is 0 Å². The number of nitrogens with zero attached hydrogens (tertiary/aromatic N) is 1. The van der Waals surface area contributed by atoms with E-state index in [0.717, 1.165) is 23.9 Å². The Bertz CT molecular complexity index is 389. The minimum absolute atomic E-state index is 0.718. The van der Waals surface area contributed by atoms with Crippen molar-refractivity contribution in [2.24, 2.45) is 5.92 Å². The van der Waals surface area contributed by atoms with Crippen LogP contribution in [-0.4, -0.2) is 37.1 Å². The first-order chi connectivity index (χ1) is 8.79. The number of hydrogen-bond donors (Lipinski definition) is 1. The van der Waals surface area contributed by atoms with Gasteiger partial charge in [-0.05, 0) is 37.9 Å². The van der Waals surface area contributed by atoms with Gasteiger partial charge in [0, 0.05) is 24.5 Å². The van der Waals surface area contributed by atoms with Gasteiger partial charge >= 0.3 is 0 Å². The second kappa shape index (κ2) is 5.02. The second-order valence-corrected chi connectivity index (χ2v) is 5.98. The van der Waals surface area contributed by atoms with E-state index in [1.807, 2.05) is 0 Å². The van der Waals surface area contributed by atoms with Crippen LogP contribution in [0.1, 0.15) is 31.2 Å². The molecule has 18 heavy (non-hydrogen) atoms. The van der Waals surface area contributed by atoms with Crippen molar-refractivity contribution in [2.45, 2.75) is 37.8 Å². The van der Waals surface area contributed by atoms with Gasteiger partial charge in [-0.25, -0.2) is 0 Å². The highest BCUT2D eigenvalue weighted by Gasteiger charge is 2.44. The van der Waals surface area contributed by atoms with Gasteiger partial charge in [-0.15, -0.1) is 0 Å². The minimum Gasteiger partial charge on any atom is -0.317 e. The SMILES string of the molecule is CNC1CCN(C2CC2c2ccccc2)CC1C. The molecule has 2 fully saturated rings. The van der Waals surface area contributed by atoms with Crippen LogP contribution in [0.4, 0.5) is 0 Å². The fourth-order valence-electron chi connectivity index (χ4n) is 3.55. The Morgan fingerprint density at radius 1 is 1.22 bits per heavy atom. The Kier molecular flexibility index (Phi) is 3.40. The molecule has 1 aliphatic heterocycles. The maximum Gasteiger partial charge on any atom is 0.0171 e. The van der Waals surface area contributed by atoms with Gasteiger partial charge in [-0.3, -0.25) is 4.90 Å². The number of piperidine rings is 1. The van der Waals surface area contributed by atoms with Crippen molar-refractivity contribution in [1.29, 1.82) is 0 Å². The zero-order valence-corrected chi connectivity index (χ0v) is 11.5. The minimum atomic E-state index is 0.718. The third kappa shape index (κ3) is 2.32. The Morgan fingerprint density at radius 2 is 2.00 bits per heavy atom. The van der Waals surface area contributed by atoms with Gasteiger partial charge in [-0.2, -0.15) is 0 Å². The van der Waals surface area contributed by atoms with Crippen molar-refractivity contribution in [3.63, 3.8) is 0 Å². The first-order valence-electron chi connectivity index (χ1n) is 7.26. The molecule has 0 amide bonds. The monoisotopic (exact) mass is 244 g/mol. The predicted octanol–water partition coefficient (Wildman–Crippen LogP) is 2.47. The molecule has 1 heterocycles. The van der Waals surface area contributed by atoms with Gasteiger partial charge in [0.15, 0.2) is 0 Å². The summed E-state index contributed by atoms with van der Waals surface area (Å²) in [5.74, 6) is 1.57. The van der Waals surface area contributed by atoms with E-state index in [4.69, 9.17) is 0 Å². The van der Waals surface area contributed by atoms with Crippen molar-refractivity contribution in [3.8, 4) is 0 Å². The molecule has 1 saturated carbocycles. The summed E-state index contributed by atoms with van der Waals surface area (Å²) in [4.78, 5) is 2.72. The van der Waals surface area contributed by atoms with Gasteiger partial charge in [0.05, 0.1) is 0 Å². The average Bonchev–Trinajstić information content (AvgIpc) is 3.20. The smallest absolute Gasteiger partial charge is 0.0171 e. The van der Waals surface area contributed by atoms with Crippen LogP contribution >= 0.6 is 0 Å². The molecule has 2 heteroatoms. The quantitative estimate of drug-likeness (QED) is 0.878. The van der Waals surface area contributed by atoms with Gasteiger partial charge in [0.2, 0.25) is 0 Å². The zero-order valence-electron chi connectivity index (χ0n) is 11.5. The molecule has 0 bridgehead atoms. The van der Waals surface area contributed by atoms with Crippen molar-refractivity contribution < 1.29 is 0 Å². The normalized spacial score (nSPS) is 36.6. The van der Waals surface area contributed by atoms with Gasteiger partial charge < -0.3 is 5.32 Å². The third-order valence-electron chi connectivity index (χ3n) is 4.76. The molecule has 98 valence electrons. The van der Waals surface area contributed by atoms with Crippen molar-refractivity contribution in [2.75, 3.05) is 20.1 Å². The lowest BCUT2D eigenvalue weighted by atomic mass is 9.94. The van der Waals surface area contributed by atoms with Crippen molar-refractivity contribution >= 4 is 0 Å². The zero-order chi connectivity index (χ0) is 12.5. The fourth-order valence-corrected chi connectivity index (χ4v) is 3.55. The van der Waals surface area contributed by atoms with Crippen LogP contribution in [0.3, 0.4) is 0 Å².